The first kappa shape index (κ1) is 17.9. The Labute approximate surface area is 138 Å². The van der Waals surface area contributed by atoms with Crippen LogP contribution in [0.3, 0.4) is 0 Å². The quantitative estimate of drug-likeness (QED) is 0.820. The molecule has 1 aromatic heterocycles. The van der Waals surface area contributed by atoms with E-state index < -0.39 is 11.2 Å². The molecule has 130 valence electrons. The summed E-state index contributed by atoms with van der Waals surface area (Å²) in [6, 6.07) is 5.74. The second kappa shape index (κ2) is 7.44. The predicted molar refractivity (Wildman–Crippen MR) is 87.1 cm³/mol. The van der Waals surface area contributed by atoms with Crippen LogP contribution in [-0.4, -0.2) is 21.1 Å². The lowest BCUT2D eigenvalue weighted by atomic mass is 9.98. The number of aromatic nitrogens is 2. The molecule has 7 heteroatoms. The van der Waals surface area contributed by atoms with Gasteiger partial charge in [0.2, 0.25) is 0 Å². The van der Waals surface area contributed by atoms with Gasteiger partial charge in [0.05, 0.1) is 0 Å². The van der Waals surface area contributed by atoms with Crippen LogP contribution in [0.1, 0.15) is 43.5 Å². The molecule has 0 saturated carbocycles. The van der Waals surface area contributed by atoms with Gasteiger partial charge in [0, 0.05) is 24.3 Å². The molecule has 1 N–H and O–H groups in total. The van der Waals surface area contributed by atoms with Gasteiger partial charge >= 0.3 is 5.69 Å². The fourth-order valence-corrected chi connectivity index (χ4v) is 2.64. The third-order valence-corrected chi connectivity index (χ3v) is 3.73. The maximum atomic E-state index is 13.1. The summed E-state index contributed by atoms with van der Waals surface area (Å²) < 4.78 is 19.7. The maximum absolute atomic E-state index is 13.1. The molecule has 0 atom stereocenters. The molecule has 1 heterocycles. The van der Waals surface area contributed by atoms with Gasteiger partial charge < -0.3 is 9.94 Å². The van der Waals surface area contributed by atoms with Crippen LogP contribution in [0, 0.1) is 5.82 Å². The third-order valence-electron chi connectivity index (χ3n) is 3.73. The minimum atomic E-state index is -0.833. The van der Waals surface area contributed by atoms with Crippen LogP contribution in [0.4, 0.5) is 4.39 Å². The van der Waals surface area contributed by atoms with Crippen molar-refractivity contribution in [1.29, 1.82) is 0 Å². The summed E-state index contributed by atoms with van der Waals surface area (Å²) in [6.07, 6.45) is 0.180. The molecule has 24 heavy (non-hydrogen) atoms. The number of benzene rings is 1. The lowest BCUT2D eigenvalue weighted by molar-refractivity contribution is 0.0690. The van der Waals surface area contributed by atoms with Gasteiger partial charge in [-0.25, -0.2) is 9.18 Å². The van der Waals surface area contributed by atoms with E-state index in [9.17, 15) is 19.2 Å². The van der Waals surface area contributed by atoms with E-state index in [2.05, 4.69) is 0 Å². The zero-order valence-electron chi connectivity index (χ0n) is 14.0. The summed E-state index contributed by atoms with van der Waals surface area (Å²) in [5.74, 6) is -0.508. The van der Waals surface area contributed by atoms with E-state index >= 15 is 0 Å². The standard InChI is InChI=1S/C17H21FN2O4/c1-4-24-10-19-15(11(2)3)14(16(21)20(23)17(19)22)9-12-5-7-13(18)8-6-12/h5-8,11,23H,4,9-10H2,1-3H3. The van der Waals surface area contributed by atoms with Crippen molar-refractivity contribution in [3.05, 3.63) is 67.7 Å². The van der Waals surface area contributed by atoms with Gasteiger partial charge in [-0.15, -0.1) is 0 Å². The number of hydrogen-bond acceptors (Lipinski definition) is 4. The van der Waals surface area contributed by atoms with Crippen LogP contribution in [0.25, 0.3) is 0 Å². The SMILES string of the molecule is CCOCn1c(C(C)C)c(Cc2ccc(F)cc2)c(=O)n(O)c1=O. The first-order valence-corrected chi connectivity index (χ1v) is 7.76. The Bertz CT molecular complexity index is 822. The number of ether oxygens (including phenoxy) is 1. The van der Waals surface area contributed by atoms with Crippen LogP contribution in [-0.2, 0) is 17.9 Å². The van der Waals surface area contributed by atoms with E-state index in [1.807, 2.05) is 13.8 Å². The largest absolute Gasteiger partial charge is 0.421 e. The molecule has 0 spiro atoms. The van der Waals surface area contributed by atoms with Gasteiger partial charge in [-0.1, -0.05) is 30.7 Å². The molecule has 0 radical (unpaired) electrons. The fraction of sp³-hybridized carbons (Fsp3) is 0.412. The molecular formula is C17H21FN2O4. The van der Waals surface area contributed by atoms with E-state index in [0.29, 0.717) is 23.4 Å². The molecule has 0 unspecified atom stereocenters. The van der Waals surface area contributed by atoms with Crippen LogP contribution >= 0.6 is 0 Å². The lowest BCUT2D eigenvalue weighted by Gasteiger charge is -2.20. The topological polar surface area (TPSA) is 73.5 Å². The molecule has 0 amide bonds. The Morgan fingerprint density at radius 3 is 2.38 bits per heavy atom. The minimum Gasteiger partial charge on any atom is -0.421 e. The van der Waals surface area contributed by atoms with E-state index in [1.54, 1.807) is 19.1 Å². The molecular weight excluding hydrogens is 315 g/mol. The molecule has 0 aliphatic carbocycles. The highest BCUT2D eigenvalue weighted by Gasteiger charge is 2.21. The van der Waals surface area contributed by atoms with Crippen LogP contribution in [0.15, 0.2) is 33.9 Å². The molecule has 1 aromatic carbocycles. The molecule has 2 aromatic rings. The molecule has 6 nitrogen and oxygen atoms in total. The van der Waals surface area contributed by atoms with E-state index in [1.165, 1.54) is 16.7 Å². The summed E-state index contributed by atoms with van der Waals surface area (Å²) in [6.45, 7) is 5.83. The highest BCUT2D eigenvalue weighted by atomic mass is 19.1. The van der Waals surface area contributed by atoms with Crippen molar-refractivity contribution < 1.29 is 14.3 Å². The average Bonchev–Trinajstić information content (AvgIpc) is 2.55. The number of nitrogens with zero attached hydrogens (tertiary/aromatic N) is 2. The van der Waals surface area contributed by atoms with Crippen molar-refractivity contribution in [2.45, 2.75) is 39.8 Å². The zero-order valence-corrected chi connectivity index (χ0v) is 14.0. The van der Waals surface area contributed by atoms with Crippen molar-refractivity contribution in [1.82, 2.24) is 9.30 Å². The second-order valence-corrected chi connectivity index (χ2v) is 5.77. The number of hydrogen-bond donors (Lipinski definition) is 1. The fourth-order valence-electron chi connectivity index (χ4n) is 2.64. The monoisotopic (exact) mass is 336 g/mol. The van der Waals surface area contributed by atoms with Gasteiger partial charge in [-0.3, -0.25) is 9.36 Å². The minimum absolute atomic E-state index is 0.0555. The van der Waals surface area contributed by atoms with Crippen molar-refractivity contribution in [3.8, 4) is 0 Å². The summed E-state index contributed by atoms with van der Waals surface area (Å²) in [5, 5.41) is 9.85. The van der Waals surface area contributed by atoms with Crippen molar-refractivity contribution in [2.75, 3.05) is 6.61 Å². The zero-order chi connectivity index (χ0) is 17.9. The molecule has 2 rings (SSSR count). The van der Waals surface area contributed by atoms with Crippen molar-refractivity contribution in [3.63, 3.8) is 0 Å². The summed E-state index contributed by atoms with van der Waals surface area (Å²) >= 11 is 0. The first-order valence-electron chi connectivity index (χ1n) is 7.76. The summed E-state index contributed by atoms with van der Waals surface area (Å²) in [5.41, 5.74) is -0.0933. The lowest BCUT2D eigenvalue weighted by Crippen LogP contribution is -2.43. The molecule has 0 saturated heterocycles. The van der Waals surface area contributed by atoms with Gasteiger partial charge in [0.15, 0.2) is 0 Å². The normalized spacial score (nSPS) is 11.2. The molecule has 0 aliphatic rings. The number of rotatable bonds is 6. The summed E-state index contributed by atoms with van der Waals surface area (Å²) in [7, 11) is 0. The second-order valence-electron chi connectivity index (χ2n) is 5.77. The van der Waals surface area contributed by atoms with Crippen molar-refractivity contribution in [2.24, 2.45) is 0 Å². The average molecular weight is 336 g/mol. The van der Waals surface area contributed by atoms with Gasteiger partial charge in [-0.05, 0) is 30.5 Å². The Balaban J connectivity index is 2.64. The molecule has 0 bridgehead atoms. The van der Waals surface area contributed by atoms with Gasteiger partial charge in [-0.2, -0.15) is 0 Å². The first-order chi connectivity index (χ1) is 11.4. The van der Waals surface area contributed by atoms with Gasteiger partial charge in [0.1, 0.15) is 12.5 Å². The van der Waals surface area contributed by atoms with Gasteiger partial charge in [0.25, 0.3) is 5.56 Å². The highest BCUT2D eigenvalue weighted by Crippen LogP contribution is 2.19. The molecule has 0 aliphatic heterocycles. The van der Waals surface area contributed by atoms with E-state index in [4.69, 9.17) is 4.74 Å². The maximum Gasteiger partial charge on any atom is 0.366 e. The predicted octanol–water partition coefficient (Wildman–Crippen LogP) is 2.09. The smallest absolute Gasteiger partial charge is 0.366 e. The Kier molecular flexibility index (Phi) is 5.56. The van der Waals surface area contributed by atoms with Crippen LogP contribution in [0.5, 0.6) is 0 Å². The van der Waals surface area contributed by atoms with Crippen molar-refractivity contribution >= 4 is 0 Å². The summed E-state index contributed by atoms with van der Waals surface area (Å²) in [4.78, 5) is 24.6. The van der Waals surface area contributed by atoms with E-state index in [0.717, 1.165) is 0 Å². The molecule has 0 fully saturated rings. The van der Waals surface area contributed by atoms with E-state index in [-0.39, 0.29) is 29.6 Å². The van der Waals surface area contributed by atoms with Crippen LogP contribution in [0.2, 0.25) is 0 Å². The Hall–Kier alpha value is -2.41. The Morgan fingerprint density at radius 1 is 1.21 bits per heavy atom. The highest BCUT2D eigenvalue weighted by molar-refractivity contribution is 5.29. The number of halogens is 1. The van der Waals surface area contributed by atoms with Crippen LogP contribution < -0.4 is 11.2 Å². The third kappa shape index (κ3) is 3.56. The Morgan fingerprint density at radius 2 is 1.83 bits per heavy atom.